The zero-order valence-corrected chi connectivity index (χ0v) is 37.0. The molecule has 0 N–H and O–H groups in total. The van der Waals surface area contributed by atoms with E-state index in [1.807, 2.05) is 133 Å². The Hall–Kier alpha value is -8.28. The van der Waals surface area contributed by atoms with Crippen LogP contribution < -0.4 is 23.8 Å². The van der Waals surface area contributed by atoms with Gasteiger partial charge in [0.2, 0.25) is 0 Å². The van der Waals surface area contributed by atoms with Gasteiger partial charge in [-0.2, -0.15) is 21.6 Å². The van der Waals surface area contributed by atoms with E-state index in [0.717, 1.165) is 68.1 Å². The highest BCUT2D eigenvalue weighted by molar-refractivity contribution is 7.88. The van der Waals surface area contributed by atoms with Crippen molar-refractivity contribution in [2.75, 3.05) is 19.6 Å². The minimum Gasteiger partial charge on any atom is -0.376 e. The molecule has 0 aliphatic carbocycles. The number of rotatable bonds is 14. The second kappa shape index (κ2) is 19.1. The van der Waals surface area contributed by atoms with E-state index in [4.69, 9.17) is 0 Å². The Balaban J connectivity index is 1.11. The SMILES string of the molecule is Cc1ccc(N(c2ccc(OS(=O)(=O)C(F)(F)F)cc2)c2ccc(N(c3ccc(N(c4ccccc4)c4ccccc4)cc3)c3ccc(N(c4ccccc4)c4ccccc4)cc3)cc2)cc1. The predicted molar refractivity (Wildman–Crippen MR) is 266 cm³/mol. The van der Waals surface area contributed by atoms with Crippen molar-refractivity contribution >= 4 is 78.4 Å². The molecule has 0 radical (unpaired) electrons. The lowest BCUT2D eigenvalue weighted by molar-refractivity contribution is -0.0500. The average Bonchev–Trinajstić information content (AvgIpc) is 3.35. The number of nitrogens with zero attached hydrogens (tertiary/aromatic N) is 4. The second-order valence-corrected chi connectivity index (χ2v) is 17.1. The van der Waals surface area contributed by atoms with Crippen molar-refractivity contribution in [3.05, 3.63) is 248 Å². The highest BCUT2D eigenvalue weighted by atomic mass is 32.2. The zero-order chi connectivity index (χ0) is 46.4. The van der Waals surface area contributed by atoms with E-state index in [1.54, 1.807) is 0 Å². The third-order valence-electron chi connectivity index (χ3n) is 11.0. The van der Waals surface area contributed by atoms with Crippen molar-refractivity contribution in [2.24, 2.45) is 0 Å². The van der Waals surface area contributed by atoms with Gasteiger partial charge in [0.05, 0.1) is 0 Å². The van der Waals surface area contributed by atoms with Gasteiger partial charge in [0.15, 0.2) is 0 Å². The van der Waals surface area contributed by atoms with Gasteiger partial charge >= 0.3 is 15.6 Å². The Morgan fingerprint density at radius 3 is 0.731 bits per heavy atom. The third kappa shape index (κ3) is 9.73. The fraction of sp³-hybridized carbons (Fsp3) is 0.0357. The number of anilines is 12. The molecule has 0 atom stereocenters. The fourth-order valence-corrected chi connectivity index (χ4v) is 8.33. The lowest BCUT2D eigenvalue weighted by Gasteiger charge is -2.30. The number of hydrogen-bond donors (Lipinski definition) is 0. The second-order valence-electron chi connectivity index (χ2n) is 15.5. The minimum atomic E-state index is -5.84. The lowest BCUT2D eigenvalue weighted by atomic mass is 10.1. The van der Waals surface area contributed by atoms with Gasteiger partial charge in [-0.25, -0.2) is 0 Å². The molecule has 0 bridgehead atoms. The number of aryl methyl sites for hydroxylation is 1. The van der Waals surface area contributed by atoms with Gasteiger partial charge < -0.3 is 23.8 Å². The zero-order valence-electron chi connectivity index (χ0n) is 36.1. The molecule has 7 nitrogen and oxygen atoms in total. The van der Waals surface area contributed by atoms with Crippen molar-refractivity contribution < 1.29 is 25.8 Å². The van der Waals surface area contributed by atoms with E-state index in [1.165, 1.54) is 24.3 Å². The van der Waals surface area contributed by atoms with Crippen LogP contribution >= 0.6 is 0 Å². The quantitative estimate of drug-likeness (QED) is 0.0796. The molecule has 0 saturated carbocycles. The molecule has 332 valence electrons. The number of benzene rings is 9. The van der Waals surface area contributed by atoms with Crippen LogP contribution in [0.25, 0.3) is 0 Å². The third-order valence-corrected chi connectivity index (χ3v) is 12.0. The Kier molecular flexibility index (Phi) is 12.5. The van der Waals surface area contributed by atoms with E-state index < -0.39 is 21.4 Å². The highest BCUT2D eigenvalue weighted by Gasteiger charge is 2.48. The highest BCUT2D eigenvalue weighted by Crippen LogP contribution is 2.43. The molecule has 0 aromatic heterocycles. The molecular weight excluding hydrogens is 866 g/mol. The van der Waals surface area contributed by atoms with Crippen LogP contribution in [0.4, 0.5) is 81.4 Å². The number of halogens is 3. The molecule has 0 saturated heterocycles. The number of alkyl halides is 3. The first kappa shape index (κ1) is 43.9. The monoisotopic (exact) mass is 908 g/mol. The maximum absolute atomic E-state index is 13.1. The van der Waals surface area contributed by atoms with Crippen LogP contribution in [0.1, 0.15) is 5.56 Å². The Bertz CT molecular complexity index is 2920. The van der Waals surface area contributed by atoms with Gasteiger partial charge in [-0.05, 0) is 165 Å². The van der Waals surface area contributed by atoms with Gasteiger partial charge in [0, 0.05) is 68.2 Å². The van der Waals surface area contributed by atoms with E-state index in [9.17, 15) is 21.6 Å². The molecule has 0 fully saturated rings. The smallest absolute Gasteiger partial charge is 0.376 e. The molecule has 9 aromatic rings. The summed E-state index contributed by atoms with van der Waals surface area (Å²) in [5.41, 5.74) is 6.32. The summed E-state index contributed by atoms with van der Waals surface area (Å²) >= 11 is 0. The summed E-state index contributed by atoms with van der Waals surface area (Å²) in [6.07, 6.45) is 0. The molecule has 0 heterocycles. The maximum Gasteiger partial charge on any atom is 0.534 e. The minimum absolute atomic E-state index is 0.459. The van der Waals surface area contributed by atoms with Crippen LogP contribution in [0.3, 0.4) is 0 Å². The van der Waals surface area contributed by atoms with Gasteiger partial charge in [-0.1, -0.05) is 90.5 Å². The molecule has 0 spiro atoms. The normalized spacial score (nSPS) is 11.4. The van der Waals surface area contributed by atoms with Crippen LogP contribution in [0.5, 0.6) is 5.75 Å². The summed E-state index contributed by atoms with van der Waals surface area (Å²) < 4.78 is 67.3. The van der Waals surface area contributed by atoms with Crippen molar-refractivity contribution in [1.29, 1.82) is 0 Å². The average molecular weight is 909 g/mol. The predicted octanol–water partition coefficient (Wildman–Crippen LogP) is 16.1. The topological polar surface area (TPSA) is 56.3 Å². The summed E-state index contributed by atoms with van der Waals surface area (Å²) in [7, 11) is -5.84. The maximum atomic E-state index is 13.1. The van der Waals surface area contributed by atoms with Crippen LogP contribution in [0.15, 0.2) is 243 Å². The molecule has 67 heavy (non-hydrogen) atoms. The van der Waals surface area contributed by atoms with E-state index >= 15 is 0 Å². The number of para-hydroxylation sites is 4. The van der Waals surface area contributed by atoms with Gasteiger partial charge in [-0.3, -0.25) is 0 Å². The van der Waals surface area contributed by atoms with Crippen molar-refractivity contribution in [3.63, 3.8) is 0 Å². The molecule has 9 rings (SSSR count). The largest absolute Gasteiger partial charge is 0.534 e. The molecule has 11 heteroatoms. The first-order chi connectivity index (χ1) is 32.5. The molecule has 0 aliphatic heterocycles. The summed E-state index contributed by atoms with van der Waals surface area (Å²) in [5.74, 6) is -0.459. The van der Waals surface area contributed by atoms with E-state index in [0.29, 0.717) is 5.69 Å². The van der Waals surface area contributed by atoms with E-state index in [2.05, 4.69) is 116 Å². The van der Waals surface area contributed by atoms with Crippen LogP contribution in [0.2, 0.25) is 0 Å². The number of hydrogen-bond acceptors (Lipinski definition) is 7. The first-order valence-corrected chi connectivity index (χ1v) is 22.8. The van der Waals surface area contributed by atoms with Gasteiger partial charge in [0.1, 0.15) is 5.75 Å². The Morgan fingerprint density at radius 2 is 0.507 bits per heavy atom. The standard InChI is InChI=1S/C56H43F3N4O3S/c1-42-22-24-47(25-23-42)62(54-38-40-55(41-39-54)66-67(64,65)56(57,58)59)50-34-36-53(37-35-50)63(51-30-26-48(27-31-51)60(43-14-6-2-7-15-43)44-16-8-3-9-17-44)52-32-28-49(29-33-52)61(45-18-10-4-11-19-45)46-20-12-5-13-21-46/h2-41H,1H3. The molecule has 0 amide bonds. The van der Waals surface area contributed by atoms with Crippen molar-refractivity contribution in [2.45, 2.75) is 12.4 Å². The summed E-state index contributed by atoms with van der Waals surface area (Å²) in [5, 5.41) is 0. The summed E-state index contributed by atoms with van der Waals surface area (Å²) in [6.45, 7) is 1.98. The van der Waals surface area contributed by atoms with Crippen LogP contribution in [0, 0.1) is 6.92 Å². The first-order valence-electron chi connectivity index (χ1n) is 21.4. The van der Waals surface area contributed by atoms with Crippen LogP contribution in [-0.4, -0.2) is 13.9 Å². The van der Waals surface area contributed by atoms with Crippen molar-refractivity contribution in [1.82, 2.24) is 0 Å². The molecule has 0 aliphatic rings. The Morgan fingerprint density at radius 1 is 0.313 bits per heavy atom. The molecular formula is C56H43F3N4O3S. The molecule has 9 aromatic carbocycles. The van der Waals surface area contributed by atoms with Crippen LogP contribution in [-0.2, 0) is 10.1 Å². The summed E-state index contributed by atoms with van der Waals surface area (Å²) in [4.78, 5) is 8.55. The fourth-order valence-electron chi connectivity index (χ4n) is 7.87. The summed E-state index contributed by atoms with van der Waals surface area (Å²) in [6, 6.07) is 79.1. The van der Waals surface area contributed by atoms with E-state index in [-0.39, 0.29) is 0 Å². The van der Waals surface area contributed by atoms with Crippen molar-refractivity contribution in [3.8, 4) is 5.75 Å². The Labute approximate surface area is 388 Å². The molecule has 0 unspecified atom stereocenters. The van der Waals surface area contributed by atoms with Gasteiger partial charge in [-0.15, -0.1) is 0 Å². The lowest BCUT2D eigenvalue weighted by Crippen LogP contribution is -2.28. The van der Waals surface area contributed by atoms with Gasteiger partial charge in [0.25, 0.3) is 0 Å².